The van der Waals surface area contributed by atoms with Gasteiger partial charge in [0.15, 0.2) is 5.11 Å². The number of piperazine rings is 1. The van der Waals surface area contributed by atoms with Crippen LogP contribution in [-0.4, -0.2) is 48.0 Å². The Morgan fingerprint density at radius 2 is 1.90 bits per heavy atom. The molecule has 1 aliphatic heterocycles. The first-order valence-corrected chi connectivity index (χ1v) is 11.0. The molecule has 2 N–H and O–H groups in total. The van der Waals surface area contributed by atoms with Crippen LogP contribution in [0.5, 0.6) is 0 Å². The summed E-state index contributed by atoms with van der Waals surface area (Å²) in [5.41, 5.74) is 1.62. The molecule has 1 saturated heterocycles. The maximum Gasteiger partial charge on any atom is 0.264 e. The number of benzene rings is 1. The maximum atomic E-state index is 12.5. The molecule has 1 aromatic heterocycles. The number of thiocarbonyl (C=S) groups is 1. The molecule has 2 heterocycles. The van der Waals surface area contributed by atoms with E-state index >= 15 is 0 Å². The van der Waals surface area contributed by atoms with Gasteiger partial charge in [0.25, 0.3) is 5.91 Å². The van der Waals surface area contributed by atoms with Gasteiger partial charge in [0, 0.05) is 37.8 Å². The summed E-state index contributed by atoms with van der Waals surface area (Å²) in [6, 6.07) is 9.33. The average molecular weight is 451 g/mol. The van der Waals surface area contributed by atoms with E-state index in [0.29, 0.717) is 36.9 Å². The highest BCUT2D eigenvalue weighted by molar-refractivity contribution is 7.80. The van der Waals surface area contributed by atoms with Gasteiger partial charge in [0.1, 0.15) is 0 Å². The summed E-state index contributed by atoms with van der Waals surface area (Å²) in [7, 11) is 0. The van der Waals surface area contributed by atoms with Crippen LogP contribution >= 0.6 is 35.2 Å². The van der Waals surface area contributed by atoms with Crippen LogP contribution in [0.3, 0.4) is 0 Å². The summed E-state index contributed by atoms with van der Waals surface area (Å²) < 4.78 is 0. The van der Waals surface area contributed by atoms with Crippen molar-refractivity contribution in [2.24, 2.45) is 5.92 Å². The number of halogens is 1. The van der Waals surface area contributed by atoms with E-state index in [1.54, 1.807) is 19.9 Å². The number of amides is 2. The minimum atomic E-state index is -0.147. The first-order valence-electron chi connectivity index (χ1n) is 9.34. The van der Waals surface area contributed by atoms with Crippen LogP contribution in [0.1, 0.15) is 23.5 Å². The van der Waals surface area contributed by atoms with Crippen molar-refractivity contribution in [3.05, 3.63) is 45.6 Å². The van der Waals surface area contributed by atoms with E-state index in [-0.39, 0.29) is 22.8 Å². The third-order valence-corrected chi connectivity index (χ3v) is 5.97. The van der Waals surface area contributed by atoms with Crippen molar-refractivity contribution in [3.63, 3.8) is 0 Å². The molecule has 6 nitrogen and oxygen atoms in total. The summed E-state index contributed by atoms with van der Waals surface area (Å²) in [6.45, 7) is 6.34. The quantitative estimate of drug-likeness (QED) is 0.693. The second kappa shape index (κ2) is 9.56. The van der Waals surface area contributed by atoms with Crippen molar-refractivity contribution in [3.8, 4) is 0 Å². The molecule has 2 amide bonds. The molecule has 1 fully saturated rings. The van der Waals surface area contributed by atoms with E-state index in [0.717, 1.165) is 10.6 Å². The van der Waals surface area contributed by atoms with Crippen LogP contribution in [0.25, 0.3) is 0 Å². The molecular formula is C20H23ClN4O2S2. The molecule has 0 aliphatic carbocycles. The molecule has 1 aliphatic rings. The number of hydrogen-bond donors (Lipinski definition) is 2. The van der Waals surface area contributed by atoms with Crippen LogP contribution in [0.4, 0.5) is 11.4 Å². The standard InChI is InChI=1S/C20H23ClN4O2S2/c1-13(2)18(26)23-20(28)22-14-5-6-16(15(21)12-14)24-7-9-25(10-8-24)19(27)17-4-3-11-29-17/h3-6,11-13H,7-10H2,1-2H3,(H2,22,23,26,28). The highest BCUT2D eigenvalue weighted by Crippen LogP contribution is 2.30. The van der Waals surface area contributed by atoms with E-state index in [4.69, 9.17) is 23.8 Å². The van der Waals surface area contributed by atoms with Crippen LogP contribution in [-0.2, 0) is 4.79 Å². The molecule has 1 aromatic carbocycles. The number of hydrogen-bond acceptors (Lipinski definition) is 5. The van der Waals surface area contributed by atoms with Crippen LogP contribution < -0.4 is 15.5 Å². The van der Waals surface area contributed by atoms with Crippen molar-refractivity contribution in [1.29, 1.82) is 0 Å². The van der Waals surface area contributed by atoms with Crippen LogP contribution in [0, 0.1) is 5.92 Å². The lowest BCUT2D eigenvalue weighted by atomic mass is 10.2. The number of anilines is 2. The zero-order valence-corrected chi connectivity index (χ0v) is 18.7. The topological polar surface area (TPSA) is 64.7 Å². The fraction of sp³-hybridized carbons (Fsp3) is 0.350. The minimum absolute atomic E-state index is 0.0854. The summed E-state index contributed by atoms with van der Waals surface area (Å²) >= 11 is 13.1. The highest BCUT2D eigenvalue weighted by atomic mass is 35.5. The highest BCUT2D eigenvalue weighted by Gasteiger charge is 2.24. The van der Waals surface area contributed by atoms with Gasteiger partial charge in [-0.25, -0.2) is 0 Å². The van der Waals surface area contributed by atoms with Gasteiger partial charge in [0.05, 0.1) is 15.6 Å². The third kappa shape index (κ3) is 5.46. The minimum Gasteiger partial charge on any atom is -0.367 e. The average Bonchev–Trinajstić information content (AvgIpc) is 3.22. The van der Waals surface area contributed by atoms with Gasteiger partial charge in [0.2, 0.25) is 5.91 Å². The molecule has 3 rings (SSSR count). The summed E-state index contributed by atoms with van der Waals surface area (Å²) in [6.07, 6.45) is 0. The Morgan fingerprint density at radius 3 is 2.48 bits per heavy atom. The zero-order chi connectivity index (χ0) is 21.0. The molecule has 154 valence electrons. The SMILES string of the molecule is CC(C)C(=O)NC(=S)Nc1ccc(N2CCN(C(=O)c3cccs3)CC2)c(Cl)c1. The number of rotatable bonds is 4. The molecule has 9 heteroatoms. The zero-order valence-electron chi connectivity index (χ0n) is 16.3. The predicted octanol–water partition coefficient (Wildman–Crippen LogP) is 3.83. The predicted molar refractivity (Wildman–Crippen MR) is 123 cm³/mol. The van der Waals surface area contributed by atoms with Gasteiger partial charge < -0.3 is 20.4 Å². The van der Waals surface area contributed by atoms with Gasteiger partial charge >= 0.3 is 0 Å². The molecular weight excluding hydrogens is 428 g/mol. The Balaban J connectivity index is 1.57. The number of carbonyl (C=O) groups excluding carboxylic acids is 2. The lowest BCUT2D eigenvalue weighted by molar-refractivity contribution is -0.122. The van der Waals surface area contributed by atoms with E-state index in [2.05, 4.69) is 15.5 Å². The summed E-state index contributed by atoms with van der Waals surface area (Å²) in [5.74, 6) is -0.200. The van der Waals surface area contributed by atoms with Crippen molar-refractivity contribution >= 4 is 63.5 Å². The smallest absolute Gasteiger partial charge is 0.264 e. The number of nitrogens with zero attached hydrogens (tertiary/aromatic N) is 2. The Labute approximate surface area is 184 Å². The van der Waals surface area contributed by atoms with Crippen molar-refractivity contribution in [2.75, 3.05) is 36.4 Å². The molecule has 0 saturated carbocycles. The normalized spacial score (nSPS) is 14.1. The van der Waals surface area contributed by atoms with Gasteiger partial charge in [-0.05, 0) is 41.9 Å². The number of thiophene rings is 1. The molecule has 0 unspecified atom stereocenters. The summed E-state index contributed by atoms with van der Waals surface area (Å²) in [5, 5.41) is 8.37. The van der Waals surface area contributed by atoms with E-state index < -0.39 is 0 Å². The first-order chi connectivity index (χ1) is 13.8. The molecule has 0 spiro atoms. The first kappa shape index (κ1) is 21.5. The lowest BCUT2D eigenvalue weighted by Crippen LogP contribution is -2.48. The van der Waals surface area contributed by atoms with Gasteiger partial charge in [-0.1, -0.05) is 31.5 Å². The molecule has 0 radical (unpaired) electrons. The fourth-order valence-corrected chi connectivity index (χ4v) is 4.18. The molecule has 0 bridgehead atoms. The maximum absolute atomic E-state index is 12.5. The van der Waals surface area contributed by atoms with Gasteiger partial charge in [-0.15, -0.1) is 11.3 Å². The van der Waals surface area contributed by atoms with E-state index in [1.807, 2.05) is 34.5 Å². The number of carbonyl (C=O) groups is 2. The van der Waals surface area contributed by atoms with Gasteiger partial charge in [-0.3, -0.25) is 9.59 Å². The van der Waals surface area contributed by atoms with Crippen LogP contribution in [0.2, 0.25) is 5.02 Å². The molecule has 0 atom stereocenters. The summed E-state index contributed by atoms with van der Waals surface area (Å²) in [4.78, 5) is 29.0. The third-order valence-electron chi connectivity index (χ3n) is 4.61. The Bertz CT molecular complexity index is 894. The second-order valence-electron chi connectivity index (χ2n) is 7.02. The molecule has 29 heavy (non-hydrogen) atoms. The van der Waals surface area contributed by atoms with Gasteiger partial charge in [-0.2, -0.15) is 0 Å². The van der Waals surface area contributed by atoms with Crippen molar-refractivity contribution < 1.29 is 9.59 Å². The van der Waals surface area contributed by atoms with E-state index in [1.165, 1.54) is 11.3 Å². The number of nitrogens with one attached hydrogen (secondary N) is 2. The Morgan fingerprint density at radius 1 is 1.17 bits per heavy atom. The Hall–Kier alpha value is -2.16. The molecule has 2 aromatic rings. The Kier molecular flexibility index (Phi) is 7.10. The lowest BCUT2D eigenvalue weighted by Gasteiger charge is -2.36. The largest absolute Gasteiger partial charge is 0.367 e. The monoisotopic (exact) mass is 450 g/mol. The second-order valence-corrected chi connectivity index (χ2v) is 8.78. The van der Waals surface area contributed by atoms with Crippen molar-refractivity contribution in [1.82, 2.24) is 10.2 Å². The van der Waals surface area contributed by atoms with Crippen molar-refractivity contribution in [2.45, 2.75) is 13.8 Å². The fourth-order valence-electron chi connectivity index (χ4n) is 2.97. The van der Waals surface area contributed by atoms with Crippen LogP contribution in [0.15, 0.2) is 35.7 Å². The van der Waals surface area contributed by atoms with E-state index in [9.17, 15) is 9.59 Å².